The van der Waals surface area contributed by atoms with Gasteiger partial charge < -0.3 is 15.4 Å². The average Bonchev–Trinajstić information content (AvgIpc) is 2.67. The Kier molecular flexibility index (Phi) is 8.12. The van der Waals surface area contributed by atoms with Crippen LogP contribution in [-0.2, 0) is 16.0 Å². The third-order valence-electron chi connectivity index (χ3n) is 3.73. The predicted molar refractivity (Wildman–Crippen MR) is 101 cm³/mol. The highest BCUT2D eigenvalue weighted by Crippen LogP contribution is 2.16. The van der Waals surface area contributed by atoms with Crippen molar-refractivity contribution in [2.24, 2.45) is 0 Å². The molecule has 1 aromatic carbocycles. The summed E-state index contributed by atoms with van der Waals surface area (Å²) in [5, 5.41) is 5.16. The molecule has 2 aromatic rings. The van der Waals surface area contributed by atoms with Crippen molar-refractivity contribution in [1.29, 1.82) is 0 Å². The van der Waals surface area contributed by atoms with E-state index in [9.17, 15) is 9.59 Å². The van der Waals surface area contributed by atoms with E-state index in [1.165, 1.54) is 0 Å². The number of amides is 2. The lowest BCUT2D eigenvalue weighted by Gasteiger charge is -2.08. The minimum atomic E-state index is -0.692. The van der Waals surface area contributed by atoms with Crippen molar-refractivity contribution in [3.63, 3.8) is 0 Å². The van der Waals surface area contributed by atoms with Gasteiger partial charge in [-0.05, 0) is 42.8 Å². The average molecular weight is 355 g/mol. The molecular weight excluding hydrogens is 330 g/mol. The molecule has 0 aliphatic carbocycles. The number of carbonyl (C=O) groups is 2. The van der Waals surface area contributed by atoms with Crippen LogP contribution < -0.4 is 15.4 Å². The standard InChI is InChI=1S/C20H25N3O3/c1-2-3-6-15-26-18-10-8-17(9-11-18)23-20(25)19(24)22-14-12-16-7-4-5-13-21-16/h4-5,7-11,13H,2-3,6,12,14-15H2,1H3,(H,22,24)(H,23,25). The Morgan fingerprint density at radius 3 is 2.54 bits per heavy atom. The zero-order valence-electron chi connectivity index (χ0n) is 15.0. The molecule has 0 spiro atoms. The lowest BCUT2D eigenvalue weighted by molar-refractivity contribution is -0.136. The number of nitrogens with zero attached hydrogens (tertiary/aromatic N) is 1. The molecule has 0 fully saturated rings. The SMILES string of the molecule is CCCCCOc1ccc(NC(=O)C(=O)NCCc2ccccn2)cc1. The Hall–Kier alpha value is -2.89. The van der Waals surface area contributed by atoms with Gasteiger partial charge in [0, 0.05) is 30.5 Å². The molecule has 6 nitrogen and oxygen atoms in total. The predicted octanol–water partition coefficient (Wildman–Crippen LogP) is 2.95. The summed E-state index contributed by atoms with van der Waals surface area (Å²) in [6.07, 6.45) is 5.58. The second kappa shape index (κ2) is 10.9. The summed E-state index contributed by atoms with van der Waals surface area (Å²) in [4.78, 5) is 27.9. The van der Waals surface area contributed by atoms with E-state index < -0.39 is 11.8 Å². The number of unbranched alkanes of at least 4 members (excludes halogenated alkanes) is 2. The van der Waals surface area contributed by atoms with Crippen molar-refractivity contribution < 1.29 is 14.3 Å². The number of anilines is 1. The van der Waals surface area contributed by atoms with E-state index in [4.69, 9.17) is 4.74 Å². The molecule has 0 aliphatic rings. The molecule has 2 N–H and O–H groups in total. The van der Waals surface area contributed by atoms with Crippen molar-refractivity contribution in [1.82, 2.24) is 10.3 Å². The number of rotatable bonds is 9. The number of carbonyl (C=O) groups excluding carboxylic acids is 2. The molecule has 0 saturated carbocycles. The number of pyridine rings is 1. The molecule has 0 aliphatic heterocycles. The summed E-state index contributed by atoms with van der Waals surface area (Å²) >= 11 is 0. The van der Waals surface area contributed by atoms with Crippen LogP contribution in [0.4, 0.5) is 5.69 Å². The maximum Gasteiger partial charge on any atom is 0.313 e. The molecule has 26 heavy (non-hydrogen) atoms. The minimum absolute atomic E-state index is 0.355. The van der Waals surface area contributed by atoms with Crippen LogP contribution in [-0.4, -0.2) is 29.9 Å². The molecule has 2 amide bonds. The molecule has 1 aromatic heterocycles. The van der Waals surface area contributed by atoms with Crippen LogP contribution in [0.5, 0.6) is 5.75 Å². The van der Waals surface area contributed by atoms with Crippen LogP contribution in [0.1, 0.15) is 31.9 Å². The molecule has 138 valence electrons. The maximum atomic E-state index is 11.9. The molecule has 2 rings (SSSR count). The Morgan fingerprint density at radius 1 is 1.04 bits per heavy atom. The second-order valence-electron chi connectivity index (χ2n) is 5.86. The molecule has 1 heterocycles. The molecule has 0 saturated heterocycles. The van der Waals surface area contributed by atoms with Gasteiger partial charge in [0.1, 0.15) is 5.75 Å². The maximum absolute atomic E-state index is 11.9. The zero-order chi connectivity index (χ0) is 18.6. The first kappa shape index (κ1) is 19.4. The van der Waals surface area contributed by atoms with Gasteiger partial charge in [-0.25, -0.2) is 0 Å². The van der Waals surface area contributed by atoms with E-state index in [0.717, 1.165) is 30.7 Å². The third kappa shape index (κ3) is 6.93. The van der Waals surface area contributed by atoms with Crippen LogP contribution in [0.2, 0.25) is 0 Å². The highest BCUT2D eigenvalue weighted by Gasteiger charge is 2.13. The first-order valence-electron chi connectivity index (χ1n) is 8.91. The number of hydrogen-bond acceptors (Lipinski definition) is 4. The highest BCUT2D eigenvalue weighted by atomic mass is 16.5. The van der Waals surface area contributed by atoms with Crippen molar-refractivity contribution in [2.45, 2.75) is 32.6 Å². The van der Waals surface area contributed by atoms with Gasteiger partial charge in [0.15, 0.2) is 0 Å². The van der Waals surface area contributed by atoms with Gasteiger partial charge >= 0.3 is 11.8 Å². The van der Waals surface area contributed by atoms with E-state index in [0.29, 0.717) is 25.3 Å². The fourth-order valence-corrected chi connectivity index (χ4v) is 2.29. The Labute approximate surface area is 154 Å². The summed E-state index contributed by atoms with van der Waals surface area (Å²) < 4.78 is 5.61. The molecular formula is C20H25N3O3. The lowest BCUT2D eigenvalue weighted by atomic mass is 10.2. The molecule has 0 unspecified atom stereocenters. The van der Waals surface area contributed by atoms with Crippen molar-refractivity contribution in [3.8, 4) is 5.75 Å². The van der Waals surface area contributed by atoms with Gasteiger partial charge in [0.2, 0.25) is 0 Å². The van der Waals surface area contributed by atoms with Gasteiger partial charge in [-0.2, -0.15) is 0 Å². The summed E-state index contributed by atoms with van der Waals surface area (Å²) in [5.74, 6) is -0.609. The number of ether oxygens (including phenoxy) is 1. The van der Waals surface area contributed by atoms with Gasteiger partial charge in [0.05, 0.1) is 6.61 Å². The van der Waals surface area contributed by atoms with Gasteiger partial charge in [-0.1, -0.05) is 25.8 Å². The summed E-state index contributed by atoms with van der Waals surface area (Å²) in [7, 11) is 0. The molecule has 0 atom stereocenters. The van der Waals surface area contributed by atoms with Crippen LogP contribution in [0.25, 0.3) is 0 Å². The quantitative estimate of drug-likeness (QED) is 0.535. The van der Waals surface area contributed by atoms with Crippen molar-refractivity contribution >= 4 is 17.5 Å². The lowest BCUT2D eigenvalue weighted by Crippen LogP contribution is -2.36. The van der Waals surface area contributed by atoms with Crippen LogP contribution >= 0.6 is 0 Å². The molecule has 0 bridgehead atoms. The van der Waals surface area contributed by atoms with E-state index >= 15 is 0 Å². The van der Waals surface area contributed by atoms with Gasteiger partial charge in [0.25, 0.3) is 0 Å². The van der Waals surface area contributed by atoms with Crippen LogP contribution in [0, 0.1) is 0 Å². The first-order chi connectivity index (χ1) is 12.7. The normalized spacial score (nSPS) is 10.2. The fraction of sp³-hybridized carbons (Fsp3) is 0.350. The molecule has 0 radical (unpaired) electrons. The van der Waals surface area contributed by atoms with Crippen molar-refractivity contribution in [2.75, 3.05) is 18.5 Å². The van der Waals surface area contributed by atoms with E-state index in [1.54, 1.807) is 30.5 Å². The summed E-state index contributed by atoms with van der Waals surface area (Å²) in [5.41, 5.74) is 1.42. The monoisotopic (exact) mass is 355 g/mol. The Bertz CT molecular complexity index is 687. The number of nitrogens with one attached hydrogen (secondary N) is 2. The van der Waals surface area contributed by atoms with Crippen LogP contribution in [0.3, 0.4) is 0 Å². The van der Waals surface area contributed by atoms with Gasteiger partial charge in [-0.3, -0.25) is 14.6 Å². The minimum Gasteiger partial charge on any atom is -0.494 e. The molecule has 6 heteroatoms. The highest BCUT2D eigenvalue weighted by molar-refractivity contribution is 6.39. The Morgan fingerprint density at radius 2 is 1.85 bits per heavy atom. The third-order valence-corrected chi connectivity index (χ3v) is 3.73. The first-order valence-corrected chi connectivity index (χ1v) is 8.91. The summed E-state index contributed by atoms with van der Waals surface area (Å²) in [6.45, 7) is 3.18. The Balaban J connectivity index is 1.71. The van der Waals surface area contributed by atoms with Crippen LogP contribution in [0.15, 0.2) is 48.7 Å². The van der Waals surface area contributed by atoms with E-state index in [2.05, 4.69) is 22.5 Å². The number of benzene rings is 1. The number of hydrogen-bond donors (Lipinski definition) is 2. The largest absolute Gasteiger partial charge is 0.494 e. The zero-order valence-corrected chi connectivity index (χ0v) is 15.0. The van der Waals surface area contributed by atoms with E-state index in [-0.39, 0.29) is 0 Å². The number of aromatic nitrogens is 1. The summed E-state index contributed by atoms with van der Waals surface area (Å²) in [6, 6.07) is 12.6. The van der Waals surface area contributed by atoms with Crippen molar-refractivity contribution in [3.05, 3.63) is 54.4 Å². The second-order valence-corrected chi connectivity index (χ2v) is 5.86. The van der Waals surface area contributed by atoms with Gasteiger partial charge in [-0.15, -0.1) is 0 Å². The van der Waals surface area contributed by atoms with E-state index in [1.807, 2.05) is 18.2 Å². The smallest absolute Gasteiger partial charge is 0.313 e. The topological polar surface area (TPSA) is 80.3 Å². The fourth-order valence-electron chi connectivity index (χ4n) is 2.29.